The standard InChI is InChI=1S/C13H16BrN3O2S/c1-9(2)13-16-12(20(15,18)19)8-17(13)7-10-5-3-4-6-11(10)14/h3-6,8-9H,7H2,1-2H3,(H2,15,18,19). The molecule has 2 aromatic rings. The SMILES string of the molecule is CC(C)c1nc(S(N)(=O)=O)cn1Cc1ccccc1Br. The summed E-state index contributed by atoms with van der Waals surface area (Å²) in [7, 11) is -3.78. The molecule has 2 rings (SSSR count). The van der Waals surface area contributed by atoms with Crippen LogP contribution in [0.5, 0.6) is 0 Å². The van der Waals surface area contributed by atoms with Crippen LogP contribution >= 0.6 is 15.9 Å². The van der Waals surface area contributed by atoms with Crippen LogP contribution in [0.25, 0.3) is 0 Å². The lowest BCUT2D eigenvalue weighted by molar-refractivity contribution is 0.594. The Kier molecular flexibility index (Phi) is 4.31. The molecule has 108 valence electrons. The van der Waals surface area contributed by atoms with E-state index in [0.717, 1.165) is 10.0 Å². The molecule has 0 spiro atoms. The number of nitrogens with two attached hydrogens (primary N) is 1. The van der Waals surface area contributed by atoms with Crippen LogP contribution in [0.4, 0.5) is 0 Å². The predicted octanol–water partition coefficient (Wildman–Crippen LogP) is 2.46. The molecule has 0 bridgehead atoms. The summed E-state index contributed by atoms with van der Waals surface area (Å²) < 4.78 is 25.7. The largest absolute Gasteiger partial charge is 0.329 e. The minimum absolute atomic E-state index is 0.0896. The Hall–Kier alpha value is -1.18. The summed E-state index contributed by atoms with van der Waals surface area (Å²) in [5.41, 5.74) is 1.05. The van der Waals surface area contributed by atoms with Crippen molar-refractivity contribution in [3.05, 3.63) is 46.3 Å². The summed E-state index contributed by atoms with van der Waals surface area (Å²) in [4.78, 5) is 4.14. The smallest absolute Gasteiger partial charge is 0.257 e. The van der Waals surface area contributed by atoms with Crippen molar-refractivity contribution >= 4 is 26.0 Å². The van der Waals surface area contributed by atoms with Crippen molar-refractivity contribution in [2.75, 3.05) is 0 Å². The number of aromatic nitrogens is 2. The van der Waals surface area contributed by atoms with Crippen LogP contribution in [0.2, 0.25) is 0 Å². The molecule has 20 heavy (non-hydrogen) atoms. The zero-order valence-electron chi connectivity index (χ0n) is 11.2. The Morgan fingerprint density at radius 1 is 1.35 bits per heavy atom. The lowest BCUT2D eigenvalue weighted by atomic mass is 10.2. The Morgan fingerprint density at radius 2 is 2.00 bits per heavy atom. The normalized spacial score (nSPS) is 12.1. The maximum absolute atomic E-state index is 11.4. The molecule has 0 atom stereocenters. The average molecular weight is 358 g/mol. The molecular formula is C13H16BrN3O2S. The zero-order valence-corrected chi connectivity index (χ0v) is 13.6. The van der Waals surface area contributed by atoms with E-state index >= 15 is 0 Å². The summed E-state index contributed by atoms with van der Waals surface area (Å²) in [5.74, 6) is 0.803. The van der Waals surface area contributed by atoms with Gasteiger partial charge >= 0.3 is 0 Å². The van der Waals surface area contributed by atoms with E-state index in [1.165, 1.54) is 6.20 Å². The van der Waals surface area contributed by atoms with Crippen LogP contribution in [0.3, 0.4) is 0 Å². The van der Waals surface area contributed by atoms with Crippen molar-refractivity contribution in [2.45, 2.75) is 31.3 Å². The van der Waals surface area contributed by atoms with Crippen LogP contribution < -0.4 is 5.14 Å². The number of imidazole rings is 1. The predicted molar refractivity (Wildman–Crippen MR) is 80.9 cm³/mol. The van der Waals surface area contributed by atoms with Gasteiger partial charge in [-0.3, -0.25) is 0 Å². The maximum atomic E-state index is 11.4. The van der Waals surface area contributed by atoms with Crippen LogP contribution in [0, 0.1) is 0 Å². The lowest BCUT2D eigenvalue weighted by Crippen LogP contribution is -2.12. The highest BCUT2D eigenvalue weighted by atomic mass is 79.9. The third-order valence-corrected chi connectivity index (χ3v) is 4.45. The number of benzene rings is 1. The van der Waals surface area contributed by atoms with Crippen molar-refractivity contribution in [3.63, 3.8) is 0 Å². The first-order valence-electron chi connectivity index (χ1n) is 6.12. The molecule has 0 aliphatic heterocycles. The van der Waals surface area contributed by atoms with E-state index in [1.807, 2.05) is 42.7 Å². The monoisotopic (exact) mass is 357 g/mol. The molecular weight excluding hydrogens is 342 g/mol. The van der Waals surface area contributed by atoms with E-state index in [-0.39, 0.29) is 10.9 Å². The zero-order chi connectivity index (χ0) is 14.9. The average Bonchev–Trinajstić information content (AvgIpc) is 2.76. The summed E-state index contributed by atoms with van der Waals surface area (Å²) in [6.45, 7) is 4.47. The molecule has 0 saturated carbocycles. The van der Waals surface area contributed by atoms with Crippen molar-refractivity contribution < 1.29 is 8.42 Å². The van der Waals surface area contributed by atoms with E-state index in [4.69, 9.17) is 5.14 Å². The third-order valence-electron chi connectivity index (χ3n) is 2.89. The fourth-order valence-corrected chi connectivity index (χ4v) is 2.85. The van der Waals surface area contributed by atoms with Gasteiger partial charge in [0.15, 0.2) is 5.03 Å². The molecule has 7 heteroatoms. The maximum Gasteiger partial charge on any atom is 0.257 e. The van der Waals surface area contributed by atoms with Gasteiger partial charge in [0.2, 0.25) is 0 Å². The quantitative estimate of drug-likeness (QED) is 0.912. The Morgan fingerprint density at radius 3 is 2.55 bits per heavy atom. The number of rotatable bonds is 4. The molecule has 2 N–H and O–H groups in total. The van der Waals surface area contributed by atoms with Crippen molar-refractivity contribution in [1.29, 1.82) is 0 Å². The first-order valence-corrected chi connectivity index (χ1v) is 8.46. The highest BCUT2D eigenvalue weighted by molar-refractivity contribution is 9.10. The molecule has 0 radical (unpaired) electrons. The van der Waals surface area contributed by atoms with E-state index in [0.29, 0.717) is 12.4 Å². The van der Waals surface area contributed by atoms with Crippen LogP contribution in [0.1, 0.15) is 31.2 Å². The van der Waals surface area contributed by atoms with Gasteiger partial charge in [-0.25, -0.2) is 18.5 Å². The minimum Gasteiger partial charge on any atom is -0.329 e. The van der Waals surface area contributed by atoms with Gasteiger partial charge in [-0.1, -0.05) is 48.0 Å². The number of nitrogens with zero attached hydrogens (tertiary/aromatic N) is 2. The molecule has 1 aromatic heterocycles. The summed E-state index contributed by atoms with van der Waals surface area (Å²) in [6, 6.07) is 7.79. The second-order valence-corrected chi connectivity index (χ2v) is 7.22. The lowest BCUT2D eigenvalue weighted by Gasteiger charge is -2.11. The van der Waals surface area contributed by atoms with Gasteiger partial charge in [0.1, 0.15) is 5.82 Å². The fourth-order valence-electron chi connectivity index (χ4n) is 1.94. The van der Waals surface area contributed by atoms with E-state index < -0.39 is 10.0 Å². The molecule has 0 unspecified atom stereocenters. The van der Waals surface area contributed by atoms with Gasteiger partial charge in [0, 0.05) is 23.1 Å². The van der Waals surface area contributed by atoms with Crippen LogP contribution in [0.15, 0.2) is 40.0 Å². The van der Waals surface area contributed by atoms with Gasteiger partial charge in [0.25, 0.3) is 10.0 Å². The topological polar surface area (TPSA) is 78.0 Å². The molecule has 0 amide bonds. The number of primary sulfonamides is 1. The van der Waals surface area contributed by atoms with Crippen molar-refractivity contribution in [1.82, 2.24) is 9.55 Å². The first kappa shape index (κ1) is 15.2. The van der Waals surface area contributed by atoms with E-state index in [1.54, 1.807) is 0 Å². The molecule has 0 fully saturated rings. The first-order chi connectivity index (χ1) is 9.29. The van der Waals surface area contributed by atoms with Crippen molar-refractivity contribution in [3.8, 4) is 0 Å². The van der Waals surface area contributed by atoms with Gasteiger partial charge in [0.05, 0.1) is 0 Å². The Labute approximate surface area is 127 Å². The number of hydrogen-bond donors (Lipinski definition) is 1. The van der Waals surface area contributed by atoms with E-state index in [2.05, 4.69) is 20.9 Å². The highest BCUT2D eigenvalue weighted by Gasteiger charge is 2.18. The summed E-state index contributed by atoms with van der Waals surface area (Å²) in [6.07, 6.45) is 1.49. The molecule has 1 aromatic carbocycles. The van der Waals surface area contributed by atoms with E-state index in [9.17, 15) is 8.42 Å². The number of hydrogen-bond acceptors (Lipinski definition) is 3. The highest BCUT2D eigenvalue weighted by Crippen LogP contribution is 2.21. The molecule has 0 aliphatic rings. The summed E-state index contributed by atoms with van der Waals surface area (Å²) in [5, 5.41) is 5.06. The van der Waals surface area contributed by atoms with Gasteiger partial charge < -0.3 is 4.57 Å². The Bertz CT molecular complexity index is 723. The van der Waals surface area contributed by atoms with Crippen LogP contribution in [-0.2, 0) is 16.6 Å². The second-order valence-electron chi connectivity index (χ2n) is 4.86. The van der Waals surface area contributed by atoms with Crippen LogP contribution in [-0.4, -0.2) is 18.0 Å². The second kappa shape index (κ2) is 5.67. The van der Waals surface area contributed by atoms with Gasteiger partial charge in [-0.2, -0.15) is 0 Å². The Balaban J connectivity index is 2.46. The summed E-state index contributed by atoms with van der Waals surface area (Å²) >= 11 is 3.48. The van der Waals surface area contributed by atoms with Gasteiger partial charge in [-0.15, -0.1) is 0 Å². The molecule has 0 saturated heterocycles. The minimum atomic E-state index is -3.78. The van der Waals surface area contributed by atoms with Gasteiger partial charge in [-0.05, 0) is 11.6 Å². The third kappa shape index (κ3) is 3.28. The fraction of sp³-hybridized carbons (Fsp3) is 0.308. The molecule has 5 nitrogen and oxygen atoms in total. The van der Waals surface area contributed by atoms with Crippen molar-refractivity contribution in [2.24, 2.45) is 5.14 Å². The number of sulfonamides is 1. The number of halogens is 1. The molecule has 1 heterocycles. The molecule has 0 aliphatic carbocycles.